The minimum atomic E-state index is -0.376. The van der Waals surface area contributed by atoms with Crippen LogP contribution in [0.25, 0.3) is 0 Å². The number of rotatable bonds is 5. The van der Waals surface area contributed by atoms with Crippen LogP contribution < -0.4 is 11.1 Å². The highest BCUT2D eigenvalue weighted by atomic mass is 35.5. The maximum absolute atomic E-state index is 12.6. The maximum Gasteiger partial charge on any atom is 0.225 e. The third-order valence-electron chi connectivity index (χ3n) is 5.96. The molecule has 3 rings (SSSR count). The Labute approximate surface area is 187 Å². The third kappa shape index (κ3) is 7.41. The quantitative estimate of drug-likeness (QED) is 0.725. The molecule has 3 N–H and O–H groups in total. The zero-order chi connectivity index (χ0) is 19.4. The van der Waals surface area contributed by atoms with Crippen molar-refractivity contribution in [1.82, 2.24) is 10.2 Å². The molecule has 1 aromatic carbocycles. The van der Waals surface area contributed by atoms with Gasteiger partial charge in [0.25, 0.3) is 0 Å². The Morgan fingerprint density at radius 1 is 1.14 bits per heavy atom. The molecule has 2 fully saturated rings. The molecule has 1 saturated heterocycles. The van der Waals surface area contributed by atoms with Crippen LogP contribution in [0.3, 0.4) is 0 Å². The normalized spacial score (nSPS) is 30.0. The van der Waals surface area contributed by atoms with Crippen molar-refractivity contribution in [3.8, 4) is 0 Å². The van der Waals surface area contributed by atoms with E-state index in [0.717, 1.165) is 50.9 Å². The molecule has 0 spiro atoms. The average Bonchev–Trinajstić information content (AvgIpc) is 2.59. The Bertz CT molecular complexity index is 629. The van der Waals surface area contributed by atoms with Crippen LogP contribution in [0.1, 0.15) is 57.6 Å². The maximum atomic E-state index is 12.6. The number of amides is 1. The van der Waals surface area contributed by atoms with Gasteiger partial charge in [0.1, 0.15) is 0 Å². The summed E-state index contributed by atoms with van der Waals surface area (Å²) in [5.74, 6) is 0.0240. The van der Waals surface area contributed by atoms with Crippen LogP contribution in [0.2, 0.25) is 0 Å². The number of nitrogens with two attached hydrogens (primary N) is 1. The topological polar surface area (TPSA) is 67.6 Å². The fourth-order valence-corrected chi connectivity index (χ4v) is 4.54. The van der Waals surface area contributed by atoms with Crippen LogP contribution in [-0.2, 0) is 22.6 Å². The van der Waals surface area contributed by atoms with Crippen LogP contribution in [0.5, 0.6) is 0 Å². The van der Waals surface area contributed by atoms with E-state index < -0.39 is 0 Å². The van der Waals surface area contributed by atoms with Crippen molar-refractivity contribution in [2.45, 2.75) is 77.3 Å². The second-order valence-corrected chi connectivity index (χ2v) is 8.79. The predicted octanol–water partition coefficient (Wildman–Crippen LogP) is 3.66. The molecule has 1 saturated carbocycles. The molecular weight excluding hydrogens is 409 g/mol. The lowest BCUT2D eigenvalue weighted by molar-refractivity contribution is -0.128. The number of hydrogen-bond donors (Lipinski definition) is 2. The first-order valence-corrected chi connectivity index (χ1v) is 10.4. The monoisotopic (exact) mass is 445 g/mol. The lowest BCUT2D eigenvalue weighted by Crippen LogP contribution is -2.52. The van der Waals surface area contributed by atoms with Crippen LogP contribution in [-0.4, -0.2) is 41.6 Å². The molecule has 0 radical (unpaired) electrons. The van der Waals surface area contributed by atoms with E-state index in [9.17, 15) is 4.79 Å². The molecule has 1 heterocycles. The SMILES string of the molecule is CC1CN(Cc2ccc(CNC(=O)C3CCCCC3(C)N)cc2)CC(C)O1.Cl.Cl. The number of benzene rings is 1. The Kier molecular flexibility index (Phi) is 10.4. The fourth-order valence-electron chi connectivity index (χ4n) is 4.54. The summed E-state index contributed by atoms with van der Waals surface area (Å²) < 4.78 is 5.80. The second kappa shape index (κ2) is 11.5. The number of nitrogens with zero attached hydrogens (tertiary/aromatic N) is 1. The molecular formula is C22H37Cl2N3O2. The summed E-state index contributed by atoms with van der Waals surface area (Å²) >= 11 is 0. The number of carbonyl (C=O) groups excluding carboxylic acids is 1. The molecule has 5 nitrogen and oxygen atoms in total. The van der Waals surface area contributed by atoms with E-state index in [1.165, 1.54) is 5.56 Å². The molecule has 166 valence electrons. The van der Waals surface area contributed by atoms with Crippen LogP contribution in [0, 0.1) is 5.92 Å². The zero-order valence-corrected chi connectivity index (χ0v) is 19.5. The number of nitrogens with one attached hydrogen (secondary N) is 1. The van der Waals surface area contributed by atoms with Gasteiger partial charge in [-0.1, -0.05) is 37.1 Å². The summed E-state index contributed by atoms with van der Waals surface area (Å²) in [6, 6.07) is 8.57. The zero-order valence-electron chi connectivity index (χ0n) is 17.9. The van der Waals surface area contributed by atoms with Gasteiger partial charge in [0.15, 0.2) is 0 Å². The van der Waals surface area contributed by atoms with Crippen molar-refractivity contribution >= 4 is 30.7 Å². The lowest BCUT2D eigenvalue weighted by atomic mass is 9.74. The Balaban J connectivity index is 0.00000210. The minimum Gasteiger partial charge on any atom is -0.373 e. The molecule has 7 heteroatoms. The van der Waals surface area contributed by atoms with Gasteiger partial charge in [-0.3, -0.25) is 9.69 Å². The average molecular weight is 446 g/mol. The minimum absolute atomic E-state index is 0. The highest BCUT2D eigenvalue weighted by Gasteiger charge is 2.37. The third-order valence-corrected chi connectivity index (χ3v) is 5.96. The van der Waals surface area contributed by atoms with Gasteiger partial charge in [0.05, 0.1) is 18.1 Å². The van der Waals surface area contributed by atoms with Crippen LogP contribution in [0.4, 0.5) is 0 Å². The van der Waals surface area contributed by atoms with Crippen molar-refractivity contribution < 1.29 is 9.53 Å². The van der Waals surface area contributed by atoms with Crippen molar-refractivity contribution in [2.24, 2.45) is 11.7 Å². The Morgan fingerprint density at radius 2 is 1.72 bits per heavy atom. The van der Waals surface area contributed by atoms with Gasteiger partial charge in [-0.15, -0.1) is 24.8 Å². The van der Waals surface area contributed by atoms with Crippen molar-refractivity contribution in [2.75, 3.05) is 13.1 Å². The number of carbonyl (C=O) groups is 1. The highest BCUT2D eigenvalue weighted by Crippen LogP contribution is 2.31. The molecule has 1 aromatic rings. The second-order valence-electron chi connectivity index (χ2n) is 8.79. The molecule has 2 aliphatic rings. The molecule has 0 aromatic heterocycles. The van der Waals surface area contributed by atoms with Gasteiger partial charge in [-0.05, 0) is 44.7 Å². The van der Waals surface area contributed by atoms with E-state index in [1.807, 2.05) is 6.92 Å². The molecule has 4 atom stereocenters. The first-order valence-electron chi connectivity index (χ1n) is 10.4. The fraction of sp³-hybridized carbons (Fsp3) is 0.682. The standard InChI is InChI=1S/C22H35N3O2.2ClH/c1-16-13-25(14-17(2)27-16)15-19-9-7-18(8-10-19)12-24-21(26)20-6-4-5-11-22(20,3)23;;/h7-10,16-17,20H,4-6,11-15,23H2,1-3H3,(H,24,26);2*1H. The molecule has 4 unspecified atom stereocenters. The summed E-state index contributed by atoms with van der Waals surface area (Å²) in [5.41, 5.74) is 8.40. The van der Waals surface area contributed by atoms with E-state index in [-0.39, 0.29) is 54.4 Å². The number of morpholine rings is 1. The number of halogens is 2. The van der Waals surface area contributed by atoms with Gasteiger partial charge >= 0.3 is 0 Å². The predicted molar refractivity (Wildman–Crippen MR) is 123 cm³/mol. The highest BCUT2D eigenvalue weighted by molar-refractivity contribution is 5.85. The van der Waals surface area contributed by atoms with Crippen LogP contribution in [0.15, 0.2) is 24.3 Å². The summed E-state index contributed by atoms with van der Waals surface area (Å²) in [6.07, 6.45) is 4.62. The Hall–Kier alpha value is -0.850. The first kappa shape index (κ1) is 26.2. The van der Waals surface area contributed by atoms with Gasteiger partial charge < -0.3 is 15.8 Å². The summed E-state index contributed by atoms with van der Waals surface area (Å²) in [5, 5.41) is 3.09. The van der Waals surface area contributed by atoms with E-state index >= 15 is 0 Å². The molecule has 29 heavy (non-hydrogen) atoms. The smallest absolute Gasteiger partial charge is 0.225 e. The van der Waals surface area contributed by atoms with Gasteiger partial charge in [-0.25, -0.2) is 0 Å². The number of hydrogen-bond acceptors (Lipinski definition) is 4. The van der Waals surface area contributed by atoms with Crippen molar-refractivity contribution in [3.63, 3.8) is 0 Å². The van der Waals surface area contributed by atoms with Gasteiger partial charge in [0, 0.05) is 31.7 Å². The van der Waals surface area contributed by atoms with E-state index in [2.05, 4.69) is 48.3 Å². The first-order chi connectivity index (χ1) is 12.8. The lowest BCUT2D eigenvalue weighted by Gasteiger charge is -2.37. The van der Waals surface area contributed by atoms with E-state index in [1.54, 1.807) is 0 Å². The van der Waals surface area contributed by atoms with Gasteiger partial charge in [-0.2, -0.15) is 0 Å². The molecule has 0 bridgehead atoms. The molecule has 1 amide bonds. The summed E-state index contributed by atoms with van der Waals surface area (Å²) in [6.45, 7) is 9.73. The Morgan fingerprint density at radius 3 is 2.31 bits per heavy atom. The number of ether oxygens (including phenoxy) is 1. The van der Waals surface area contributed by atoms with E-state index in [4.69, 9.17) is 10.5 Å². The summed E-state index contributed by atoms with van der Waals surface area (Å²) in [7, 11) is 0. The van der Waals surface area contributed by atoms with Crippen LogP contribution >= 0.6 is 24.8 Å². The summed E-state index contributed by atoms with van der Waals surface area (Å²) in [4.78, 5) is 15.0. The largest absolute Gasteiger partial charge is 0.373 e. The van der Waals surface area contributed by atoms with Gasteiger partial charge in [0.2, 0.25) is 5.91 Å². The van der Waals surface area contributed by atoms with Crippen molar-refractivity contribution in [1.29, 1.82) is 0 Å². The van der Waals surface area contributed by atoms with Crippen molar-refractivity contribution in [3.05, 3.63) is 35.4 Å². The molecule has 1 aliphatic heterocycles. The van der Waals surface area contributed by atoms with E-state index in [0.29, 0.717) is 6.54 Å². The molecule has 1 aliphatic carbocycles.